The molecule has 0 aromatic heterocycles. The molecule has 1 aliphatic rings. The molecule has 0 fully saturated rings. The van der Waals surface area contributed by atoms with Crippen LogP contribution in [0.3, 0.4) is 0 Å². The van der Waals surface area contributed by atoms with Crippen LogP contribution in [0, 0.1) is 17.5 Å². The molecule has 39 heavy (non-hydrogen) atoms. The predicted octanol–water partition coefficient (Wildman–Crippen LogP) is 10.2. The molecule has 0 saturated heterocycles. The lowest BCUT2D eigenvalue weighted by atomic mass is 9.68. The highest BCUT2D eigenvalue weighted by molar-refractivity contribution is 6.36. The fourth-order valence-electron chi connectivity index (χ4n) is 4.57. The SMILES string of the molecule is Fc1cc(F)c(C2C(c3ccc(Cl)cc3Cl)=C(C(F)(F)F)C(c3ccccc3)=C(C(F)(F)F)C2(F)F)c(F)c1. The van der Waals surface area contributed by atoms with Crippen LogP contribution < -0.4 is 0 Å². The first-order valence-corrected chi connectivity index (χ1v) is 11.4. The maximum atomic E-state index is 16.1. The Balaban J connectivity index is 2.34. The molecular formula is C26H11Cl2F11. The lowest BCUT2D eigenvalue weighted by Crippen LogP contribution is -2.43. The number of hydrogen-bond acceptors (Lipinski definition) is 0. The van der Waals surface area contributed by atoms with E-state index in [4.69, 9.17) is 23.2 Å². The zero-order valence-corrected chi connectivity index (χ0v) is 20.3. The summed E-state index contributed by atoms with van der Waals surface area (Å²) < 4.78 is 163. The zero-order chi connectivity index (χ0) is 29.1. The summed E-state index contributed by atoms with van der Waals surface area (Å²) in [5.74, 6) is -14.9. The fraction of sp³-hybridized carbons (Fsp3) is 0.154. The molecule has 3 aromatic carbocycles. The molecule has 4 rings (SSSR count). The van der Waals surface area contributed by atoms with E-state index in [1.54, 1.807) is 0 Å². The van der Waals surface area contributed by atoms with E-state index in [1.807, 2.05) is 0 Å². The molecule has 0 amide bonds. The van der Waals surface area contributed by atoms with Gasteiger partial charge in [-0.2, -0.15) is 26.3 Å². The molecule has 0 radical (unpaired) electrons. The Hall–Kier alpha value is -3.05. The van der Waals surface area contributed by atoms with Gasteiger partial charge in [0.25, 0.3) is 5.92 Å². The average molecular weight is 603 g/mol. The number of halogens is 13. The van der Waals surface area contributed by atoms with E-state index in [0.717, 1.165) is 36.4 Å². The third-order valence-corrected chi connectivity index (χ3v) is 6.48. The first-order chi connectivity index (χ1) is 18.0. The highest BCUT2D eigenvalue weighted by Gasteiger charge is 2.64. The first kappa shape index (κ1) is 28.9. The Labute approximate surface area is 223 Å². The van der Waals surface area contributed by atoms with Crippen molar-refractivity contribution in [3.63, 3.8) is 0 Å². The number of benzene rings is 3. The number of hydrogen-bond donors (Lipinski definition) is 0. The minimum absolute atomic E-state index is 0.132. The second kappa shape index (κ2) is 9.85. The van der Waals surface area contributed by atoms with Crippen LogP contribution in [0.4, 0.5) is 48.3 Å². The van der Waals surface area contributed by atoms with Gasteiger partial charge in [0.05, 0.1) is 11.5 Å². The molecule has 1 aliphatic carbocycles. The first-order valence-electron chi connectivity index (χ1n) is 10.6. The van der Waals surface area contributed by atoms with E-state index < -0.39 is 85.7 Å². The molecule has 0 heterocycles. The van der Waals surface area contributed by atoms with Crippen molar-refractivity contribution < 1.29 is 48.3 Å². The summed E-state index contributed by atoms with van der Waals surface area (Å²) in [5.41, 5.74) is -12.6. The molecule has 0 aliphatic heterocycles. The molecule has 0 bridgehead atoms. The van der Waals surface area contributed by atoms with Gasteiger partial charge in [-0.25, -0.2) is 22.0 Å². The van der Waals surface area contributed by atoms with Crippen LogP contribution in [0.25, 0.3) is 11.1 Å². The monoisotopic (exact) mass is 602 g/mol. The lowest BCUT2D eigenvalue weighted by molar-refractivity contribution is -0.133. The van der Waals surface area contributed by atoms with Gasteiger partial charge in [0.2, 0.25) is 0 Å². The summed E-state index contributed by atoms with van der Waals surface area (Å²) in [6, 6.07) is 6.89. The summed E-state index contributed by atoms with van der Waals surface area (Å²) in [5, 5.41) is -0.920. The molecule has 0 spiro atoms. The quantitative estimate of drug-likeness (QED) is 0.262. The Morgan fingerprint density at radius 3 is 1.77 bits per heavy atom. The Kier molecular flexibility index (Phi) is 7.31. The minimum atomic E-state index is -6.13. The van der Waals surface area contributed by atoms with Gasteiger partial charge >= 0.3 is 12.4 Å². The molecule has 0 N–H and O–H groups in total. The summed E-state index contributed by atoms with van der Waals surface area (Å²) in [6.07, 6.45) is -11.9. The van der Waals surface area contributed by atoms with E-state index in [0.29, 0.717) is 6.07 Å². The van der Waals surface area contributed by atoms with E-state index in [-0.39, 0.29) is 17.2 Å². The molecule has 206 valence electrons. The maximum Gasteiger partial charge on any atom is 0.419 e. The summed E-state index contributed by atoms with van der Waals surface area (Å²) in [7, 11) is 0. The van der Waals surface area contributed by atoms with E-state index in [1.165, 1.54) is 6.07 Å². The van der Waals surface area contributed by atoms with Crippen LogP contribution in [-0.2, 0) is 0 Å². The van der Waals surface area contributed by atoms with Crippen LogP contribution >= 0.6 is 23.2 Å². The minimum Gasteiger partial charge on any atom is -0.207 e. The summed E-state index contributed by atoms with van der Waals surface area (Å²) in [6.45, 7) is 0. The van der Waals surface area contributed by atoms with Gasteiger partial charge in [-0.1, -0.05) is 59.6 Å². The van der Waals surface area contributed by atoms with E-state index in [9.17, 15) is 39.5 Å². The van der Waals surface area contributed by atoms with Crippen molar-refractivity contribution in [2.45, 2.75) is 24.2 Å². The van der Waals surface area contributed by atoms with E-state index >= 15 is 8.78 Å². The average Bonchev–Trinajstić information content (AvgIpc) is 2.77. The van der Waals surface area contributed by atoms with Crippen molar-refractivity contribution in [1.82, 2.24) is 0 Å². The van der Waals surface area contributed by atoms with Crippen molar-refractivity contribution >= 4 is 34.3 Å². The third-order valence-electron chi connectivity index (χ3n) is 5.94. The lowest BCUT2D eigenvalue weighted by Gasteiger charge is -2.40. The van der Waals surface area contributed by atoms with Crippen LogP contribution in [0.1, 0.15) is 22.6 Å². The van der Waals surface area contributed by atoms with Crippen LogP contribution in [0.2, 0.25) is 10.0 Å². The van der Waals surface area contributed by atoms with E-state index in [2.05, 4.69) is 0 Å². The number of allylic oxidation sites excluding steroid dienone is 4. The van der Waals surface area contributed by atoms with Crippen LogP contribution in [-0.4, -0.2) is 18.3 Å². The Bertz CT molecular complexity index is 1480. The zero-order valence-electron chi connectivity index (χ0n) is 18.8. The number of rotatable bonds is 3. The van der Waals surface area contributed by atoms with Crippen LogP contribution in [0.15, 0.2) is 71.8 Å². The summed E-state index contributed by atoms with van der Waals surface area (Å²) >= 11 is 11.8. The van der Waals surface area contributed by atoms with Crippen molar-refractivity contribution in [3.8, 4) is 0 Å². The highest BCUT2D eigenvalue weighted by Crippen LogP contribution is 2.63. The predicted molar refractivity (Wildman–Crippen MR) is 123 cm³/mol. The van der Waals surface area contributed by atoms with Gasteiger partial charge in [-0.15, -0.1) is 0 Å². The molecule has 13 heteroatoms. The smallest absolute Gasteiger partial charge is 0.207 e. The Morgan fingerprint density at radius 1 is 0.718 bits per heavy atom. The fourth-order valence-corrected chi connectivity index (χ4v) is 5.08. The summed E-state index contributed by atoms with van der Waals surface area (Å²) in [4.78, 5) is 0. The topological polar surface area (TPSA) is 0 Å². The Morgan fingerprint density at radius 2 is 1.28 bits per heavy atom. The largest absolute Gasteiger partial charge is 0.419 e. The van der Waals surface area contributed by atoms with Gasteiger partial charge in [-0.05, 0) is 28.8 Å². The van der Waals surface area contributed by atoms with Crippen molar-refractivity contribution in [3.05, 3.63) is 116 Å². The van der Waals surface area contributed by atoms with Crippen LogP contribution in [0.5, 0.6) is 0 Å². The highest BCUT2D eigenvalue weighted by atomic mass is 35.5. The maximum absolute atomic E-state index is 16.1. The second-order valence-corrected chi connectivity index (χ2v) is 9.21. The van der Waals surface area contributed by atoms with Crippen molar-refractivity contribution in [1.29, 1.82) is 0 Å². The third kappa shape index (κ3) is 5.14. The van der Waals surface area contributed by atoms with Gasteiger partial charge in [0.15, 0.2) is 0 Å². The van der Waals surface area contributed by atoms with Gasteiger partial charge in [0, 0.05) is 33.3 Å². The molecular weight excluding hydrogens is 592 g/mol. The molecule has 0 nitrogen and oxygen atoms in total. The van der Waals surface area contributed by atoms with Gasteiger partial charge in [0.1, 0.15) is 23.0 Å². The molecule has 3 aromatic rings. The molecule has 1 atom stereocenters. The molecule has 1 unspecified atom stereocenters. The second-order valence-electron chi connectivity index (χ2n) is 8.36. The normalized spacial score (nSPS) is 18.1. The van der Waals surface area contributed by atoms with Gasteiger partial charge < -0.3 is 0 Å². The number of alkyl halides is 8. The van der Waals surface area contributed by atoms with Crippen molar-refractivity contribution in [2.75, 3.05) is 0 Å². The van der Waals surface area contributed by atoms with Gasteiger partial charge in [-0.3, -0.25) is 0 Å². The molecule has 0 saturated carbocycles. The standard InChI is InChI=1S/C26H11Cl2F11/c27-12-6-7-14(15(28)8-12)19-21(20-16(30)9-13(29)10-17(20)31)24(32,33)23(26(37,38)39)18(22(19)25(34,35)36)11-4-2-1-3-5-11/h1-10,21H. The van der Waals surface area contributed by atoms with Crippen molar-refractivity contribution in [2.24, 2.45) is 0 Å².